The molecule has 0 atom stereocenters. The van der Waals surface area contributed by atoms with Gasteiger partial charge in [0.15, 0.2) is 0 Å². The molecule has 0 bridgehead atoms. The number of carbonyl (C=O) groups excluding carboxylic acids is 2. The molecule has 2 fully saturated rings. The van der Waals surface area contributed by atoms with Crippen molar-refractivity contribution in [2.45, 2.75) is 6.92 Å². The molecule has 0 aromatic carbocycles. The van der Waals surface area contributed by atoms with Crippen LogP contribution in [-0.4, -0.2) is 93.9 Å². The third-order valence-corrected chi connectivity index (χ3v) is 5.29. The predicted octanol–water partition coefficient (Wildman–Crippen LogP) is -0.102. The van der Waals surface area contributed by atoms with Crippen LogP contribution in [0.25, 0.3) is 0 Å². The lowest BCUT2D eigenvalue weighted by Crippen LogP contribution is -2.49. The van der Waals surface area contributed by atoms with Gasteiger partial charge in [-0.25, -0.2) is 19.9 Å². The van der Waals surface area contributed by atoms with E-state index in [2.05, 4.69) is 24.8 Å². The number of rotatable bonds is 3. The predicted molar refractivity (Wildman–Crippen MR) is 107 cm³/mol. The second-order valence-electron chi connectivity index (χ2n) is 7.09. The van der Waals surface area contributed by atoms with Gasteiger partial charge in [0.2, 0.25) is 17.8 Å². The minimum Gasteiger partial charge on any atom is -0.339 e. The molecule has 2 aromatic heterocycles. The summed E-state index contributed by atoms with van der Waals surface area (Å²) in [6.45, 7) is 6.87. The third kappa shape index (κ3) is 4.25. The first-order chi connectivity index (χ1) is 14.1. The Morgan fingerprint density at radius 2 is 1.21 bits per heavy atom. The molecule has 2 amide bonds. The van der Waals surface area contributed by atoms with Gasteiger partial charge in [-0.3, -0.25) is 9.59 Å². The van der Waals surface area contributed by atoms with Crippen LogP contribution in [0.4, 0.5) is 11.9 Å². The van der Waals surface area contributed by atoms with E-state index in [0.717, 1.165) is 0 Å². The number of carbonyl (C=O) groups is 2. The van der Waals surface area contributed by atoms with E-state index in [1.807, 2.05) is 14.7 Å². The van der Waals surface area contributed by atoms with E-state index >= 15 is 0 Å². The van der Waals surface area contributed by atoms with E-state index in [0.29, 0.717) is 69.8 Å². The number of aromatic nitrogens is 4. The number of hydrogen-bond donors (Lipinski definition) is 0. The molecule has 4 heterocycles. The fourth-order valence-electron chi connectivity index (χ4n) is 3.56. The van der Waals surface area contributed by atoms with E-state index in [-0.39, 0.29) is 11.8 Å². The van der Waals surface area contributed by atoms with Gasteiger partial charge in [-0.1, -0.05) is 0 Å². The molecule has 10 nitrogen and oxygen atoms in total. The summed E-state index contributed by atoms with van der Waals surface area (Å²) in [5, 5.41) is 0. The van der Waals surface area contributed by atoms with Gasteiger partial charge in [-0.2, -0.15) is 0 Å². The van der Waals surface area contributed by atoms with Crippen molar-refractivity contribution in [3.05, 3.63) is 36.4 Å². The second-order valence-corrected chi connectivity index (χ2v) is 7.09. The standard InChI is InChI=1S/C19H24N8O2/c1-15(28)24-5-9-27(10-6-24)19-22-13-16(14-23-19)17(29)25-7-11-26(12-8-25)18-20-3-2-4-21-18/h2-4,13-14H,5-12H2,1H3. The maximum atomic E-state index is 12.8. The van der Waals surface area contributed by atoms with E-state index < -0.39 is 0 Å². The largest absolute Gasteiger partial charge is 0.339 e. The SMILES string of the molecule is CC(=O)N1CCN(c2ncc(C(=O)N3CCN(c4ncccn4)CC3)cn2)CC1. The number of anilines is 2. The Morgan fingerprint density at radius 3 is 1.72 bits per heavy atom. The maximum Gasteiger partial charge on any atom is 0.257 e. The lowest BCUT2D eigenvalue weighted by molar-refractivity contribution is -0.129. The van der Waals surface area contributed by atoms with Gasteiger partial charge in [0, 0.05) is 84.1 Å². The van der Waals surface area contributed by atoms with Gasteiger partial charge in [0.1, 0.15) is 0 Å². The molecule has 4 rings (SSSR count). The molecule has 2 aromatic rings. The Labute approximate surface area is 169 Å². The van der Waals surface area contributed by atoms with Gasteiger partial charge in [-0.05, 0) is 6.07 Å². The number of piperazine rings is 2. The highest BCUT2D eigenvalue weighted by Gasteiger charge is 2.25. The van der Waals surface area contributed by atoms with Gasteiger partial charge < -0.3 is 19.6 Å². The smallest absolute Gasteiger partial charge is 0.257 e. The fraction of sp³-hybridized carbons (Fsp3) is 0.474. The van der Waals surface area contributed by atoms with Gasteiger partial charge in [0.05, 0.1) is 5.56 Å². The van der Waals surface area contributed by atoms with Crippen molar-refractivity contribution < 1.29 is 9.59 Å². The summed E-state index contributed by atoms with van der Waals surface area (Å²) in [4.78, 5) is 49.3. The van der Waals surface area contributed by atoms with Crippen molar-refractivity contribution in [3.63, 3.8) is 0 Å². The molecule has 0 unspecified atom stereocenters. The van der Waals surface area contributed by atoms with Crippen LogP contribution in [0, 0.1) is 0 Å². The van der Waals surface area contributed by atoms with Crippen LogP contribution in [0.2, 0.25) is 0 Å². The molecule has 29 heavy (non-hydrogen) atoms. The fourth-order valence-corrected chi connectivity index (χ4v) is 3.56. The molecular formula is C19H24N8O2. The molecule has 0 N–H and O–H groups in total. The minimum absolute atomic E-state index is 0.0634. The van der Waals surface area contributed by atoms with Crippen LogP contribution in [0.3, 0.4) is 0 Å². The molecule has 152 valence electrons. The number of nitrogens with zero attached hydrogens (tertiary/aromatic N) is 8. The number of amides is 2. The van der Waals surface area contributed by atoms with Crippen molar-refractivity contribution in [1.29, 1.82) is 0 Å². The van der Waals surface area contributed by atoms with Crippen molar-refractivity contribution in [3.8, 4) is 0 Å². The lowest BCUT2D eigenvalue weighted by Gasteiger charge is -2.35. The third-order valence-electron chi connectivity index (χ3n) is 5.29. The number of hydrogen-bond acceptors (Lipinski definition) is 8. The monoisotopic (exact) mass is 396 g/mol. The lowest BCUT2D eigenvalue weighted by atomic mass is 10.2. The topological polar surface area (TPSA) is 98.7 Å². The highest BCUT2D eigenvalue weighted by molar-refractivity contribution is 5.93. The summed E-state index contributed by atoms with van der Waals surface area (Å²) in [6.07, 6.45) is 6.63. The average Bonchev–Trinajstić information content (AvgIpc) is 2.79. The molecule has 2 saturated heterocycles. The molecule has 2 aliphatic heterocycles. The summed E-state index contributed by atoms with van der Waals surface area (Å²) in [5.74, 6) is 1.31. The summed E-state index contributed by atoms with van der Waals surface area (Å²) >= 11 is 0. The normalized spacial score (nSPS) is 17.4. The molecule has 0 spiro atoms. The van der Waals surface area contributed by atoms with Crippen molar-refractivity contribution in [2.75, 3.05) is 62.2 Å². The van der Waals surface area contributed by atoms with Crippen LogP contribution >= 0.6 is 0 Å². The Balaban J connectivity index is 1.32. The Morgan fingerprint density at radius 1 is 0.724 bits per heavy atom. The zero-order valence-electron chi connectivity index (χ0n) is 16.4. The molecule has 0 radical (unpaired) electrons. The maximum absolute atomic E-state index is 12.8. The van der Waals surface area contributed by atoms with Gasteiger partial charge in [0.25, 0.3) is 5.91 Å². The summed E-state index contributed by atoms with van der Waals surface area (Å²) in [6, 6.07) is 1.79. The van der Waals surface area contributed by atoms with E-state index in [1.165, 1.54) is 0 Å². The van der Waals surface area contributed by atoms with Crippen molar-refractivity contribution in [2.24, 2.45) is 0 Å². The van der Waals surface area contributed by atoms with Crippen LogP contribution < -0.4 is 9.80 Å². The molecule has 2 aliphatic rings. The van der Waals surface area contributed by atoms with Crippen molar-refractivity contribution in [1.82, 2.24) is 29.7 Å². The quantitative estimate of drug-likeness (QED) is 0.709. The van der Waals surface area contributed by atoms with E-state index in [1.54, 1.807) is 37.8 Å². The van der Waals surface area contributed by atoms with Crippen LogP contribution in [0.1, 0.15) is 17.3 Å². The van der Waals surface area contributed by atoms with Crippen molar-refractivity contribution >= 4 is 23.7 Å². The molecule has 10 heteroatoms. The molecular weight excluding hydrogens is 372 g/mol. The highest BCUT2D eigenvalue weighted by atomic mass is 16.2. The van der Waals surface area contributed by atoms with Crippen LogP contribution in [0.5, 0.6) is 0 Å². The Kier molecular flexibility index (Phi) is 5.50. The summed E-state index contributed by atoms with van der Waals surface area (Å²) in [7, 11) is 0. The minimum atomic E-state index is -0.0634. The van der Waals surface area contributed by atoms with E-state index in [4.69, 9.17) is 0 Å². The van der Waals surface area contributed by atoms with Gasteiger partial charge >= 0.3 is 0 Å². The Hall–Kier alpha value is -3.30. The zero-order valence-corrected chi connectivity index (χ0v) is 16.4. The van der Waals surface area contributed by atoms with Crippen LogP contribution in [-0.2, 0) is 4.79 Å². The first-order valence-electron chi connectivity index (χ1n) is 9.75. The average molecular weight is 396 g/mol. The first-order valence-corrected chi connectivity index (χ1v) is 9.75. The first kappa shape index (κ1) is 19.0. The zero-order chi connectivity index (χ0) is 20.2. The summed E-state index contributed by atoms with van der Waals surface area (Å²) in [5.41, 5.74) is 0.487. The Bertz CT molecular complexity index is 844. The summed E-state index contributed by atoms with van der Waals surface area (Å²) < 4.78 is 0. The van der Waals surface area contributed by atoms with Gasteiger partial charge in [-0.15, -0.1) is 0 Å². The molecule has 0 saturated carbocycles. The van der Waals surface area contributed by atoms with Crippen LogP contribution in [0.15, 0.2) is 30.9 Å². The highest BCUT2D eigenvalue weighted by Crippen LogP contribution is 2.14. The second kappa shape index (κ2) is 8.38. The van der Waals surface area contributed by atoms with E-state index in [9.17, 15) is 9.59 Å². The molecule has 0 aliphatic carbocycles.